The van der Waals surface area contributed by atoms with Crippen LogP contribution >= 0.6 is 0 Å². The molecule has 130 valence electrons. The molecule has 1 fully saturated rings. The third kappa shape index (κ3) is 4.85. The molecule has 1 saturated heterocycles. The van der Waals surface area contributed by atoms with Crippen LogP contribution in [-0.2, 0) is 4.74 Å². The van der Waals surface area contributed by atoms with Gasteiger partial charge in [-0.1, -0.05) is 13.0 Å². The van der Waals surface area contributed by atoms with E-state index in [1.165, 1.54) is 0 Å². The number of anilines is 1. The fourth-order valence-electron chi connectivity index (χ4n) is 2.99. The minimum absolute atomic E-state index is 0.132. The number of piperidine rings is 1. The van der Waals surface area contributed by atoms with Crippen molar-refractivity contribution in [1.82, 2.24) is 10.3 Å². The van der Waals surface area contributed by atoms with Crippen molar-refractivity contribution >= 4 is 11.9 Å². The summed E-state index contributed by atoms with van der Waals surface area (Å²) in [5.41, 5.74) is -0.102. The van der Waals surface area contributed by atoms with Gasteiger partial charge >= 0.3 is 6.09 Å². The number of nitrogens with zero attached hydrogens (tertiary/aromatic N) is 3. The van der Waals surface area contributed by atoms with Crippen LogP contribution in [0.25, 0.3) is 0 Å². The maximum atomic E-state index is 11.9. The van der Waals surface area contributed by atoms with Crippen LogP contribution in [0.1, 0.15) is 46.2 Å². The largest absolute Gasteiger partial charge is 0.444 e. The number of ether oxygens (including phenoxy) is 1. The number of rotatable bonds is 3. The zero-order chi connectivity index (χ0) is 17.7. The molecule has 2 rings (SSSR count). The van der Waals surface area contributed by atoms with E-state index in [0.717, 1.165) is 25.2 Å². The Morgan fingerprint density at radius 2 is 2.25 bits per heavy atom. The minimum atomic E-state index is -0.509. The molecule has 1 N–H and O–H groups in total. The number of hydrogen-bond donors (Lipinski definition) is 1. The lowest BCUT2D eigenvalue weighted by Crippen LogP contribution is -2.51. The first-order chi connectivity index (χ1) is 11.3. The van der Waals surface area contributed by atoms with Crippen molar-refractivity contribution in [2.24, 2.45) is 5.92 Å². The molecule has 1 aromatic heterocycles. The summed E-state index contributed by atoms with van der Waals surface area (Å²) in [6, 6.07) is 7.67. The second-order valence-electron chi connectivity index (χ2n) is 7.26. The molecule has 0 saturated carbocycles. The number of carbonyl (C=O) groups is 1. The first-order valence-corrected chi connectivity index (χ1v) is 8.41. The van der Waals surface area contributed by atoms with Crippen LogP contribution in [0.5, 0.6) is 0 Å². The molecule has 0 aromatic carbocycles. The Bertz CT molecular complexity index is 618. The van der Waals surface area contributed by atoms with Gasteiger partial charge in [-0.25, -0.2) is 9.78 Å². The van der Waals surface area contributed by atoms with Gasteiger partial charge in [0.15, 0.2) is 0 Å². The van der Waals surface area contributed by atoms with Crippen LogP contribution in [0.3, 0.4) is 0 Å². The monoisotopic (exact) mass is 330 g/mol. The van der Waals surface area contributed by atoms with Gasteiger partial charge in [0.05, 0.1) is 6.04 Å². The van der Waals surface area contributed by atoms with Gasteiger partial charge in [-0.2, -0.15) is 5.26 Å². The molecule has 0 spiro atoms. The Morgan fingerprint density at radius 1 is 1.50 bits per heavy atom. The zero-order valence-electron chi connectivity index (χ0n) is 14.9. The Hall–Kier alpha value is -2.29. The number of pyridine rings is 1. The quantitative estimate of drug-likeness (QED) is 0.921. The summed E-state index contributed by atoms with van der Waals surface area (Å²) < 4.78 is 5.31. The van der Waals surface area contributed by atoms with Gasteiger partial charge in [0.1, 0.15) is 23.2 Å². The molecule has 2 atom stereocenters. The standard InChI is InChI=1S/C18H26N4O2/c1-13-7-6-10-22(16-9-5-8-14(11-19)21-16)15(13)12-20-17(23)24-18(2,3)4/h5,8-9,13,15H,6-7,10,12H2,1-4H3,(H,20,23). The van der Waals surface area contributed by atoms with Crippen LogP contribution < -0.4 is 10.2 Å². The average Bonchev–Trinajstić information content (AvgIpc) is 2.52. The Morgan fingerprint density at radius 3 is 2.92 bits per heavy atom. The summed E-state index contributed by atoms with van der Waals surface area (Å²) in [4.78, 5) is 18.5. The highest BCUT2D eigenvalue weighted by atomic mass is 16.6. The molecule has 2 unspecified atom stereocenters. The van der Waals surface area contributed by atoms with Crippen LogP contribution in [0.4, 0.5) is 10.6 Å². The number of nitriles is 1. The topological polar surface area (TPSA) is 78.3 Å². The smallest absolute Gasteiger partial charge is 0.407 e. The van der Waals surface area contributed by atoms with E-state index in [9.17, 15) is 4.79 Å². The Balaban J connectivity index is 2.09. The number of aromatic nitrogens is 1. The van der Waals surface area contributed by atoms with Crippen LogP contribution in [0.15, 0.2) is 18.2 Å². The summed E-state index contributed by atoms with van der Waals surface area (Å²) in [5, 5.41) is 11.9. The van der Waals surface area contributed by atoms with E-state index >= 15 is 0 Å². The minimum Gasteiger partial charge on any atom is -0.444 e. The van der Waals surface area contributed by atoms with E-state index in [-0.39, 0.29) is 6.04 Å². The molecule has 2 heterocycles. The highest BCUT2D eigenvalue weighted by Crippen LogP contribution is 2.27. The average molecular weight is 330 g/mol. The van der Waals surface area contributed by atoms with Gasteiger partial charge < -0.3 is 15.0 Å². The third-order valence-electron chi connectivity index (χ3n) is 4.11. The molecule has 0 bridgehead atoms. The van der Waals surface area contributed by atoms with E-state index in [1.54, 1.807) is 6.07 Å². The fourth-order valence-corrected chi connectivity index (χ4v) is 2.99. The zero-order valence-corrected chi connectivity index (χ0v) is 14.9. The van der Waals surface area contributed by atoms with Gasteiger partial charge in [-0.3, -0.25) is 0 Å². The van der Waals surface area contributed by atoms with Crippen molar-refractivity contribution in [3.8, 4) is 6.07 Å². The predicted octanol–water partition coefficient (Wildman–Crippen LogP) is 3.08. The number of alkyl carbamates (subject to hydrolysis) is 1. The SMILES string of the molecule is CC1CCCN(c2cccc(C#N)n2)C1CNC(=O)OC(C)(C)C. The van der Waals surface area contributed by atoms with Gasteiger partial charge in [0.25, 0.3) is 0 Å². The summed E-state index contributed by atoms with van der Waals surface area (Å²) >= 11 is 0. The molecule has 24 heavy (non-hydrogen) atoms. The molecule has 0 radical (unpaired) electrons. The lowest BCUT2D eigenvalue weighted by Gasteiger charge is -2.41. The molecular weight excluding hydrogens is 304 g/mol. The molecule has 1 amide bonds. The van der Waals surface area contributed by atoms with Crippen molar-refractivity contribution in [2.45, 2.75) is 52.2 Å². The highest BCUT2D eigenvalue weighted by molar-refractivity contribution is 5.67. The Labute approximate surface area is 143 Å². The number of hydrogen-bond acceptors (Lipinski definition) is 5. The summed E-state index contributed by atoms with van der Waals surface area (Å²) in [6.07, 6.45) is 1.77. The van der Waals surface area contributed by atoms with Gasteiger partial charge in [-0.15, -0.1) is 0 Å². The maximum Gasteiger partial charge on any atom is 0.407 e. The first kappa shape index (κ1) is 18.1. The molecule has 0 aliphatic carbocycles. The molecule has 1 aliphatic heterocycles. The Kier molecular flexibility index (Phi) is 5.66. The van der Waals surface area contributed by atoms with E-state index in [0.29, 0.717) is 18.2 Å². The maximum absolute atomic E-state index is 11.9. The van der Waals surface area contributed by atoms with Crippen molar-refractivity contribution in [1.29, 1.82) is 5.26 Å². The molecular formula is C18H26N4O2. The first-order valence-electron chi connectivity index (χ1n) is 8.41. The normalized spacial score (nSPS) is 21.0. The van der Waals surface area contributed by atoms with E-state index in [4.69, 9.17) is 10.00 Å². The van der Waals surface area contributed by atoms with Crippen LogP contribution in [0.2, 0.25) is 0 Å². The van der Waals surface area contributed by atoms with Crippen LogP contribution in [0, 0.1) is 17.2 Å². The van der Waals surface area contributed by atoms with Crippen LogP contribution in [-0.4, -0.2) is 35.8 Å². The van der Waals surface area contributed by atoms with E-state index in [2.05, 4.69) is 28.2 Å². The third-order valence-corrected chi connectivity index (χ3v) is 4.11. The number of nitrogens with one attached hydrogen (secondary N) is 1. The highest BCUT2D eigenvalue weighted by Gasteiger charge is 2.30. The van der Waals surface area contributed by atoms with Crippen molar-refractivity contribution in [3.63, 3.8) is 0 Å². The van der Waals surface area contributed by atoms with E-state index < -0.39 is 11.7 Å². The van der Waals surface area contributed by atoms with Gasteiger partial charge in [-0.05, 0) is 51.7 Å². The fraction of sp³-hybridized carbons (Fsp3) is 0.611. The van der Waals surface area contributed by atoms with Crippen molar-refractivity contribution in [3.05, 3.63) is 23.9 Å². The summed E-state index contributed by atoms with van der Waals surface area (Å²) in [7, 11) is 0. The number of carbonyl (C=O) groups excluding carboxylic acids is 1. The predicted molar refractivity (Wildman–Crippen MR) is 92.7 cm³/mol. The number of amides is 1. The van der Waals surface area contributed by atoms with Crippen molar-refractivity contribution < 1.29 is 9.53 Å². The summed E-state index contributed by atoms with van der Waals surface area (Å²) in [5.74, 6) is 1.21. The lowest BCUT2D eigenvalue weighted by atomic mass is 9.90. The lowest BCUT2D eigenvalue weighted by molar-refractivity contribution is 0.0519. The van der Waals surface area contributed by atoms with E-state index in [1.807, 2.05) is 32.9 Å². The molecule has 1 aliphatic rings. The van der Waals surface area contributed by atoms with Gasteiger partial charge in [0.2, 0.25) is 0 Å². The second-order valence-corrected chi connectivity index (χ2v) is 7.26. The second kappa shape index (κ2) is 7.52. The van der Waals surface area contributed by atoms with Gasteiger partial charge in [0, 0.05) is 13.1 Å². The summed E-state index contributed by atoms with van der Waals surface area (Å²) in [6.45, 7) is 9.08. The molecule has 6 heteroatoms. The van der Waals surface area contributed by atoms with Crippen molar-refractivity contribution in [2.75, 3.05) is 18.0 Å². The molecule has 6 nitrogen and oxygen atoms in total. The molecule has 1 aromatic rings.